The Bertz CT molecular complexity index is 999. The molecular weight excluding hydrogens is 374 g/mol. The summed E-state index contributed by atoms with van der Waals surface area (Å²) in [5.74, 6) is 1.86. The van der Waals surface area contributed by atoms with E-state index in [1.165, 1.54) is 14.2 Å². The van der Waals surface area contributed by atoms with Gasteiger partial charge in [0.25, 0.3) is 0 Å². The van der Waals surface area contributed by atoms with Crippen molar-refractivity contribution < 1.29 is 28.5 Å². The largest absolute Gasteiger partial charge is 0.493 e. The van der Waals surface area contributed by atoms with E-state index in [9.17, 15) is 9.59 Å². The molecule has 0 aliphatic carbocycles. The van der Waals surface area contributed by atoms with Crippen molar-refractivity contribution in [3.63, 3.8) is 0 Å². The van der Waals surface area contributed by atoms with Crippen LogP contribution in [0.1, 0.15) is 33.1 Å². The molecule has 7 nitrogen and oxygen atoms in total. The highest BCUT2D eigenvalue weighted by Crippen LogP contribution is 2.44. The second kappa shape index (κ2) is 7.31. The van der Waals surface area contributed by atoms with E-state index in [1.807, 2.05) is 12.1 Å². The van der Waals surface area contributed by atoms with Crippen LogP contribution in [0, 0.1) is 0 Å². The summed E-state index contributed by atoms with van der Waals surface area (Å²) in [6.07, 6.45) is 0.731. The van der Waals surface area contributed by atoms with Crippen LogP contribution < -0.4 is 18.9 Å². The minimum absolute atomic E-state index is 0.103. The fourth-order valence-electron chi connectivity index (χ4n) is 4.29. The van der Waals surface area contributed by atoms with E-state index >= 15 is 0 Å². The monoisotopic (exact) mass is 397 g/mol. The van der Waals surface area contributed by atoms with Crippen LogP contribution >= 0.6 is 0 Å². The van der Waals surface area contributed by atoms with Crippen LogP contribution in [0.5, 0.6) is 23.0 Å². The average molecular weight is 397 g/mol. The van der Waals surface area contributed by atoms with Gasteiger partial charge < -0.3 is 23.8 Å². The van der Waals surface area contributed by atoms with E-state index in [0.717, 1.165) is 11.1 Å². The molecule has 152 valence electrons. The summed E-state index contributed by atoms with van der Waals surface area (Å²) in [7, 11) is 6.18. The molecule has 2 aliphatic heterocycles. The maximum Gasteiger partial charge on any atom is 0.228 e. The number of carbonyl (C=O) groups is 2. The number of benzene rings is 2. The highest BCUT2D eigenvalue weighted by molar-refractivity contribution is 6.06. The third-order valence-electron chi connectivity index (χ3n) is 5.68. The summed E-state index contributed by atoms with van der Waals surface area (Å²) in [6.45, 7) is 0.450. The minimum Gasteiger partial charge on any atom is -0.493 e. The molecule has 7 heteroatoms. The molecule has 1 atom stereocenters. The van der Waals surface area contributed by atoms with Gasteiger partial charge in [0.2, 0.25) is 5.91 Å². The van der Waals surface area contributed by atoms with Gasteiger partial charge >= 0.3 is 0 Å². The second-order valence-corrected chi connectivity index (χ2v) is 7.01. The van der Waals surface area contributed by atoms with Gasteiger partial charge in [-0.15, -0.1) is 0 Å². The van der Waals surface area contributed by atoms with E-state index in [-0.39, 0.29) is 18.1 Å². The van der Waals surface area contributed by atoms with Crippen molar-refractivity contribution in [3.05, 3.63) is 46.5 Å². The highest BCUT2D eigenvalue weighted by atomic mass is 16.5. The van der Waals surface area contributed by atoms with Gasteiger partial charge in [-0.1, -0.05) is 6.07 Å². The Kier molecular flexibility index (Phi) is 4.82. The molecule has 2 aromatic carbocycles. The smallest absolute Gasteiger partial charge is 0.228 e. The van der Waals surface area contributed by atoms with Gasteiger partial charge in [-0.05, 0) is 35.7 Å². The zero-order valence-corrected chi connectivity index (χ0v) is 16.9. The molecular formula is C22H23NO6. The standard InChI is InChI=1S/C22H23NO6/c1-26-16-6-5-13-15(22(16)29-4)11-19(24)23-8-7-12-9-17(27-2)18(28-3)10-14(12)21(25)20(13)23/h5-6,9-10,20H,7-8,11H2,1-4H3/t20-/m0/s1. The Labute approximate surface area is 169 Å². The van der Waals surface area contributed by atoms with E-state index in [2.05, 4.69) is 0 Å². The first-order valence-corrected chi connectivity index (χ1v) is 9.36. The van der Waals surface area contributed by atoms with E-state index in [0.29, 0.717) is 47.1 Å². The number of methoxy groups -OCH3 is 4. The molecule has 2 aliphatic rings. The number of hydrogen-bond donors (Lipinski definition) is 0. The van der Waals surface area contributed by atoms with E-state index in [1.54, 1.807) is 31.3 Å². The molecule has 0 aromatic heterocycles. The van der Waals surface area contributed by atoms with Crippen molar-refractivity contribution in [2.24, 2.45) is 0 Å². The van der Waals surface area contributed by atoms with Gasteiger partial charge in [0, 0.05) is 17.7 Å². The molecule has 0 saturated carbocycles. The number of carbonyl (C=O) groups excluding carboxylic acids is 2. The quantitative estimate of drug-likeness (QED) is 0.790. The molecule has 4 rings (SSSR count). The molecule has 0 N–H and O–H groups in total. The van der Waals surface area contributed by atoms with Crippen molar-refractivity contribution in [2.45, 2.75) is 18.9 Å². The third kappa shape index (κ3) is 2.88. The Morgan fingerprint density at radius 3 is 2.24 bits per heavy atom. The lowest BCUT2D eigenvalue weighted by Crippen LogP contribution is -2.43. The predicted molar refractivity (Wildman–Crippen MR) is 105 cm³/mol. The summed E-state index contributed by atoms with van der Waals surface area (Å²) >= 11 is 0. The molecule has 0 fully saturated rings. The predicted octanol–water partition coefficient (Wildman–Crippen LogP) is 2.59. The van der Waals surface area contributed by atoms with Crippen LogP contribution in [0.15, 0.2) is 24.3 Å². The fraction of sp³-hybridized carbons (Fsp3) is 0.364. The molecule has 0 saturated heterocycles. The Morgan fingerprint density at radius 2 is 1.59 bits per heavy atom. The zero-order chi connectivity index (χ0) is 20.7. The van der Waals surface area contributed by atoms with Crippen molar-refractivity contribution in [1.29, 1.82) is 0 Å². The topological polar surface area (TPSA) is 74.3 Å². The van der Waals surface area contributed by atoms with Crippen molar-refractivity contribution >= 4 is 11.7 Å². The van der Waals surface area contributed by atoms with E-state index < -0.39 is 6.04 Å². The normalized spacial score (nSPS) is 17.7. The number of Topliss-reactive ketones (excluding diaryl/α,β-unsaturated/α-hetero) is 1. The average Bonchev–Trinajstić information content (AvgIpc) is 2.89. The van der Waals surface area contributed by atoms with Gasteiger partial charge in [0.1, 0.15) is 6.04 Å². The maximum atomic E-state index is 13.6. The second-order valence-electron chi connectivity index (χ2n) is 7.01. The fourth-order valence-corrected chi connectivity index (χ4v) is 4.29. The number of hydrogen-bond acceptors (Lipinski definition) is 6. The summed E-state index contributed by atoms with van der Waals surface area (Å²) in [4.78, 5) is 28.3. The van der Waals surface area contributed by atoms with Gasteiger partial charge in [-0.3, -0.25) is 9.59 Å². The Hall–Kier alpha value is -3.22. The minimum atomic E-state index is -0.703. The number of amides is 1. The number of nitrogens with zero attached hydrogens (tertiary/aromatic N) is 1. The van der Waals surface area contributed by atoms with Gasteiger partial charge in [-0.25, -0.2) is 0 Å². The summed E-state index contributed by atoms with van der Waals surface area (Å²) in [5.41, 5.74) is 2.87. The Morgan fingerprint density at radius 1 is 0.897 bits per heavy atom. The first-order chi connectivity index (χ1) is 14.0. The van der Waals surface area contributed by atoms with Crippen LogP contribution in [0.2, 0.25) is 0 Å². The van der Waals surface area contributed by atoms with Crippen LogP contribution in [-0.4, -0.2) is 51.6 Å². The third-order valence-corrected chi connectivity index (χ3v) is 5.68. The van der Waals surface area contributed by atoms with Crippen LogP contribution in [0.4, 0.5) is 0 Å². The first-order valence-electron chi connectivity index (χ1n) is 9.36. The molecule has 0 spiro atoms. The van der Waals surface area contributed by atoms with Crippen molar-refractivity contribution in [2.75, 3.05) is 35.0 Å². The zero-order valence-electron chi connectivity index (χ0n) is 16.9. The number of ether oxygens (including phenoxy) is 4. The van der Waals surface area contributed by atoms with Gasteiger partial charge in [0.05, 0.1) is 34.9 Å². The molecule has 2 heterocycles. The molecule has 0 unspecified atom stereocenters. The summed E-state index contributed by atoms with van der Waals surface area (Å²) in [5, 5.41) is 0. The SMILES string of the molecule is COc1cc2c(cc1OC)C(=O)[C@@H]1c3ccc(OC)c(OC)c3CC(=O)N1CC2. The van der Waals surface area contributed by atoms with E-state index in [4.69, 9.17) is 18.9 Å². The first kappa shape index (κ1) is 19.1. The number of ketones is 1. The summed E-state index contributed by atoms with van der Waals surface area (Å²) in [6, 6.07) is 6.46. The number of rotatable bonds is 4. The lowest BCUT2D eigenvalue weighted by atomic mass is 9.86. The lowest BCUT2D eigenvalue weighted by Gasteiger charge is -2.35. The van der Waals surface area contributed by atoms with Crippen LogP contribution in [-0.2, 0) is 17.6 Å². The van der Waals surface area contributed by atoms with Crippen LogP contribution in [0.25, 0.3) is 0 Å². The molecule has 2 aromatic rings. The van der Waals surface area contributed by atoms with Gasteiger partial charge in [-0.2, -0.15) is 0 Å². The maximum absolute atomic E-state index is 13.6. The molecule has 1 amide bonds. The molecule has 0 bridgehead atoms. The lowest BCUT2D eigenvalue weighted by molar-refractivity contribution is -0.133. The molecule has 29 heavy (non-hydrogen) atoms. The number of fused-ring (bicyclic) bond motifs is 4. The Balaban J connectivity index is 1.89. The van der Waals surface area contributed by atoms with Gasteiger partial charge in [0.15, 0.2) is 28.8 Å². The summed E-state index contributed by atoms with van der Waals surface area (Å²) < 4.78 is 21.7. The van der Waals surface area contributed by atoms with Crippen molar-refractivity contribution in [3.8, 4) is 23.0 Å². The highest BCUT2D eigenvalue weighted by Gasteiger charge is 2.42. The van der Waals surface area contributed by atoms with Crippen LogP contribution in [0.3, 0.4) is 0 Å². The van der Waals surface area contributed by atoms with Crippen molar-refractivity contribution in [1.82, 2.24) is 4.90 Å². The molecule has 0 radical (unpaired) electrons.